The number of fused-ring (bicyclic) bond motifs is 1. The molecule has 2 aromatic heterocycles. The summed E-state index contributed by atoms with van der Waals surface area (Å²) in [5.41, 5.74) is 2.62. The molecule has 1 aliphatic rings. The number of anilines is 1. The highest BCUT2D eigenvalue weighted by atomic mass is 16.1. The predicted molar refractivity (Wildman–Crippen MR) is 97.7 cm³/mol. The molecule has 4 rings (SSSR count). The first-order valence-corrected chi connectivity index (χ1v) is 8.68. The fourth-order valence-corrected chi connectivity index (χ4v) is 3.41. The summed E-state index contributed by atoms with van der Waals surface area (Å²) in [6.45, 7) is 4.43. The van der Waals surface area contributed by atoms with Crippen molar-refractivity contribution in [2.24, 2.45) is 5.92 Å². The second-order valence-corrected chi connectivity index (χ2v) is 6.68. The van der Waals surface area contributed by atoms with Gasteiger partial charge in [-0.2, -0.15) is 0 Å². The van der Waals surface area contributed by atoms with E-state index < -0.39 is 0 Å². The molecule has 128 valence electrons. The lowest BCUT2D eigenvalue weighted by molar-refractivity contribution is 0.349. The number of piperidine rings is 1. The minimum Gasteiger partial charge on any atom is -0.355 e. The molecule has 6 heteroatoms. The molecule has 0 unspecified atom stereocenters. The first-order valence-electron chi connectivity index (χ1n) is 8.68. The summed E-state index contributed by atoms with van der Waals surface area (Å²) in [4.78, 5) is 27.8. The Morgan fingerprint density at radius 1 is 1.12 bits per heavy atom. The molecule has 3 heterocycles. The van der Waals surface area contributed by atoms with Crippen molar-refractivity contribution in [3.63, 3.8) is 0 Å². The number of hydrogen-bond donors (Lipinski definition) is 0. The molecule has 0 saturated carbocycles. The van der Waals surface area contributed by atoms with Crippen molar-refractivity contribution in [1.29, 1.82) is 0 Å². The van der Waals surface area contributed by atoms with Crippen LogP contribution in [0.25, 0.3) is 11.0 Å². The summed E-state index contributed by atoms with van der Waals surface area (Å²) < 4.78 is 1.74. The van der Waals surface area contributed by atoms with Gasteiger partial charge in [-0.05, 0) is 37.8 Å². The third kappa shape index (κ3) is 3.24. The number of nitrogens with zero attached hydrogens (tertiary/aromatic N) is 5. The van der Waals surface area contributed by atoms with Gasteiger partial charge in [-0.1, -0.05) is 12.1 Å². The van der Waals surface area contributed by atoms with Gasteiger partial charge in [0, 0.05) is 31.4 Å². The smallest absolute Gasteiger partial charge is 0.256 e. The Labute approximate surface area is 146 Å². The van der Waals surface area contributed by atoms with Crippen LogP contribution in [0, 0.1) is 12.8 Å². The largest absolute Gasteiger partial charge is 0.355 e. The molecule has 0 spiro atoms. The topological polar surface area (TPSA) is 63.9 Å². The molecule has 1 saturated heterocycles. The van der Waals surface area contributed by atoms with Gasteiger partial charge in [-0.3, -0.25) is 14.3 Å². The Bertz CT molecular complexity index is 944. The average Bonchev–Trinajstić information content (AvgIpc) is 2.66. The third-order valence-electron chi connectivity index (χ3n) is 4.90. The Morgan fingerprint density at radius 2 is 1.88 bits per heavy atom. The van der Waals surface area contributed by atoms with E-state index in [9.17, 15) is 4.79 Å². The van der Waals surface area contributed by atoms with Crippen LogP contribution in [-0.4, -0.2) is 32.6 Å². The minimum absolute atomic E-state index is 0.0674. The van der Waals surface area contributed by atoms with E-state index in [1.807, 2.05) is 37.4 Å². The van der Waals surface area contributed by atoms with Gasteiger partial charge in [0.15, 0.2) is 0 Å². The number of benzene rings is 1. The minimum atomic E-state index is 0.0674. The van der Waals surface area contributed by atoms with Crippen LogP contribution in [0.4, 0.5) is 5.82 Å². The normalized spacial score (nSPS) is 15.6. The van der Waals surface area contributed by atoms with Gasteiger partial charge in [0.25, 0.3) is 5.56 Å². The zero-order chi connectivity index (χ0) is 17.2. The van der Waals surface area contributed by atoms with E-state index in [4.69, 9.17) is 4.98 Å². The predicted octanol–water partition coefficient (Wildman–Crippen LogP) is 2.41. The second-order valence-electron chi connectivity index (χ2n) is 6.68. The maximum Gasteiger partial charge on any atom is 0.256 e. The van der Waals surface area contributed by atoms with Crippen molar-refractivity contribution in [2.45, 2.75) is 26.3 Å². The molecule has 0 aliphatic carbocycles. The lowest BCUT2D eigenvalue weighted by atomic mass is 9.96. The van der Waals surface area contributed by atoms with Gasteiger partial charge in [0.2, 0.25) is 0 Å². The van der Waals surface area contributed by atoms with E-state index in [2.05, 4.69) is 14.9 Å². The van der Waals surface area contributed by atoms with Crippen LogP contribution in [0.3, 0.4) is 0 Å². The maximum absolute atomic E-state index is 12.1. The SMILES string of the molecule is Cc1cncn(CC2CCN(c3cnc4ccccc4n3)CC2)c1=O. The molecule has 0 radical (unpaired) electrons. The van der Waals surface area contributed by atoms with Crippen molar-refractivity contribution in [2.75, 3.05) is 18.0 Å². The number of aromatic nitrogens is 4. The van der Waals surface area contributed by atoms with Gasteiger partial charge >= 0.3 is 0 Å². The summed E-state index contributed by atoms with van der Waals surface area (Å²) in [5, 5.41) is 0. The van der Waals surface area contributed by atoms with E-state index in [0.29, 0.717) is 11.5 Å². The molecular formula is C19H21N5O. The van der Waals surface area contributed by atoms with E-state index >= 15 is 0 Å². The molecule has 3 aromatic rings. The molecule has 6 nitrogen and oxygen atoms in total. The summed E-state index contributed by atoms with van der Waals surface area (Å²) in [6, 6.07) is 7.94. The Balaban J connectivity index is 1.43. The summed E-state index contributed by atoms with van der Waals surface area (Å²) in [6.07, 6.45) is 7.21. The number of hydrogen-bond acceptors (Lipinski definition) is 5. The molecule has 25 heavy (non-hydrogen) atoms. The quantitative estimate of drug-likeness (QED) is 0.735. The highest BCUT2D eigenvalue weighted by Gasteiger charge is 2.21. The highest BCUT2D eigenvalue weighted by Crippen LogP contribution is 2.23. The van der Waals surface area contributed by atoms with E-state index in [1.165, 1.54) is 0 Å². The fourth-order valence-electron chi connectivity index (χ4n) is 3.41. The molecule has 0 atom stereocenters. The molecule has 0 N–H and O–H groups in total. The first kappa shape index (κ1) is 15.7. The summed E-state index contributed by atoms with van der Waals surface area (Å²) >= 11 is 0. The van der Waals surface area contributed by atoms with E-state index in [1.54, 1.807) is 17.1 Å². The number of aryl methyl sites for hydroxylation is 1. The van der Waals surface area contributed by atoms with Gasteiger partial charge < -0.3 is 4.90 Å². The molecule has 1 aromatic carbocycles. The monoisotopic (exact) mass is 335 g/mol. The first-order chi connectivity index (χ1) is 12.2. The van der Waals surface area contributed by atoms with Gasteiger partial charge in [0.05, 0.1) is 23.6 Å². The average molecular weight is 335 g/mol. The van der Waals surface area contributed by atoms with Crippen LogP contribution < -0.4 is 10.5 Å². The zero-order valence-corrected chi connectivity index (χ0v) is 14.3. The van der Waals surface area contributed by atoms with Crippen LogP contribution >= 0.6 is 0 Å². The van der Waals surface area contributed by atoms with Crippen molar-refractivity contribution < 1.29 is 0 Å². The molecule has 1 aliphatic heterocycles. The zero-order valence-electron chi connectivity index (χ0n) is 14.3. The van der Waals surface area contributed by atoms with Crippen LogP contribution in [0.1, 0.15) is 18.4 Å². The highest BCUT2D eigenvalue weighted by molar-refractivity contribution is 5.75. The van der Waals surface area contributed by atoms with Crippen molar-refractivity contribution in [3.8, 4) is 0 Å². The van der Waals surface area contributed by atoms with Gasteiger partial charge in [0.1, 0.15) is 5.82 Å². The standard InChI is InChI=1S/C19H21N5O/c1-14-10-20-13-24(19(14)25)12-15-6-8-23(9-7-15)18-11-21-16-4-2-3-5-17(16)22-18/h2-5,10-11,13,15H,6-9,12H2,1H3. The van der Waals surface area contributed by atoms with Crippen molar-refractivity contribution in [3.05, 3.63) is 58.9 Å². The lowest BCUT2D eigenvalue weighted by Gasteiger charge is -2.32. The molecular weight excluding hydrogens is 314 g/mol. The van der Waals surface area contributed by atoms with Gasteiger partial charge in [-0.25, -0.2) is 9.97 Å². The van der Waals surface area contributed by atoms with Crippen LogP contribution in [-0.2, 0) is 6.54 Å². The summed E-state index contributed by atoms with van der Waals surface area (Å²) in [7, 11) is 0. The number of para-hydroxylation sites is 2. The summed E-state index contributed by atoms with van der Waals surface area (Å²) in [5.74, 6) is 1.43. The van der Waals surface area contributed by atoms with Crippen molar-refractivity contribution >= 4 is 16.9 Å². The number of rotatable bonds is 3. The van der Waals surface area contributed by atoms with Crippen LogP contribution in [0.2, 0.25) is 0 Å². The third-order valence-corrected chi connectivity index (χ3v) is 4.90. The Kier molecular flexibility index (Phi) is 4.17. The lowest BCUT2D eigenvalue weighted by Crippen LogP contribution is -2.37. The van der Waals surface area contributed by atoms with Crippen molar-refractivity contribution in [1.82, 2.24) is 19.5 Å². The Morgan fingerprint density at radius 3 is 2.68 bits per heavy atom. The van der Waals surface area contributed by atoms with Crippen LogP contribution in [0.5, 0.6) is 0 Å². The Hall–Kier alpha value is -2.76. The molecule has 1 fully saturated rings. The van der Waals surface area contributed by atoms with Crippen LogP contribution in [0.15, 0.2) is 47.8 Å². The molecule has 0 bridgehead atoms. The van der Waals surface area contributed by atoms with E-state index in [0.717, 1.165) is 49.3 Å². The second kappa shape index (κ2) is 6.63. The maximum atomic E-state index is 12.1. The molecule has 0 amide bonds. The van der Waals surface area contributed by atoms with E-state index in [-0.39, 0.29) is 5.56 Å². The fraction of sp³-hybridized carbons (Fsp3) is 0.368. The van der Waals surface area contributed by atoms with Gasteiger partial charge in [-0.15, -0.1) is 0 Å².